The summed E-state index contributed by atoms with van der Waals surface area (Å²) in [5.41, 5.74) is 3.63. The van der Waals surface area contributed by atoms with Gasteiger partial charge < -0.3 is 104 Å². The fourth-order valence-electron chi connectivity index (χ4n) is 10.4. The zero-order valence-electron chi connectivity index (χ0n) is 57.9. The molecule has 0 radical (unpaired) electrons. The number of carbonyl (C=O) groups excluding carboxylic acids is 13. The van der Waals surface area contributed by atoms with Crippen LogP contribution < -0.4 is 58.9 Å². The Bertz CT molecular complexity index is 3100. The Morgan fingerprint density at radius 1 is 0.837 bits per heavy atom. The molecule has 12 amide bonds. The van der Waals surface area contributed by atoms with Gasteiger partial charge in [0.15, 0.2) is 5.60 Å². The molecule has 0 spiro atoms. The number of esters is 1. The molecule has 6 unspecified atom stereocenters. The highest BCUT2D eigenvalue weighted by Crippen LogP contribution is 2.29. The summed E-state index contributed by atoms with van der Waals surface area (Å²) in [6, 6.07) is -8.79. The number of fused-ring (bicyclic) bond motifs is 1. The van der Waals surface area contributed by atoms with Crippen molar-refractivity contribution >= 4 is 76.9 Å². The highest BCUT2D eigenvalue weighted by molar-refractivity contribution is 6.03. The molecule has 0 aromatic heterocycles. The van der Waals surface area contributed by atoms with Crippen LogP contribution in [0.3, 0.4) is 0 Å². The Kier molecular flexibility index (Phi) is 33.1. The summed E-state index contributed by atoms with van der Waals surface area (Å²) in [7, 11) is 2.36. The van der Waals surface area contributed by atoms with Crippen LogP contribution in [0.5, 0.6) is 5.75 Å². The summed E-state index contributed by atoms with van der Waals surface area (Å²) in [6.07, 6.45) is -1.20. The van der Waals surface area contributed by atoms with Crippen LogP contribution in [-0.2, 0) is 76.5 Å². The monoisotopic (exact) mass is 1380 g/mol. The lowest BCUT2D eigenvalue weighted by Crippen LogP contribution is -2.64. The summed E-state index contributed by atoms with van der Waals surface area (Å²) < 4.78 is 17.3. The maximum Gasteiger partial charge on any atom is 0.329 e. The van der Waals surface area contributed by atoms with Crippen molar-refractivity contribution in [2.75, 3.05) is 40.5 Å². The molecule has 2 fully saturated rings. The molecule has 17 atom stereocenters. The van der Waals surface area contributed by atoms with Gasteiger partial charge >= 0.3 is 5.97 Å². The van der Waals surface area contributed by atoms with E-state index in [1.165, 1.54) is 92.0 Å². The van der Waals surface area contributed by atoms with Gasteiger partial charge in [-0.3, -0.25) is 57.5 Å². The van der Waals surface area contributed by atoms with Gasteiger partial charge in [0.1, 0.15) is 78.1 Å². The van der Waals surface area contributed by atoms with Gasteiger partial charge in [-0.2, -0.15) is 0 Å². The molecule has 0 saturated carbocycles. The number of nitrogens with zero attached hydrogens (tertiary/aromatic N) is 1. The van der Waals surface area contributed by atoms with Gasteiger partial charge in [-0.1, -0.05) is 90.0 Å². The molecule has 3 rings (SSSR count). The first-order chi connectivity index (χ1) is 45.9. The van der Waals surface area contributed by atoms with E-state index in [1.54, 1.807) is 6.92 Å². The van der Waals surface area contributed by atoms with Crippen molar-refractivity contribution in [2.45, 2.75) is 193 Å². The number of nitrogens with two attached hydrogens (primary N) is 1. The zero-order valence-corrected chi connectivity index (χ0v) is 57.9. The third kappa shape index (κ3) is 24.0. The Balaban J connectivity index is 2.15. The zero-order chi connectivity index (χ0) is 74.2. The highest BCUT2D eigenvalue weighted by Gasteiger charge is 2.47. The SMILES string of the molecule is CC=C(NC(=O)[C@H](NC(=O)CNC(=O)C(C)(O)C(O)/C=C\C(C)=C\C(C)CC)[C@@H](C)O)C(=O)N[C@H](C(=O)N[C@H]1C(=O)N[C@H](COC)C(=O)NCC(=O)N[C@@H](C)C(=O)NC([C@@H](C)O)C(=O)NC(C(OC)c2ccc(O)cc2)C(=O)N2CCCC[C@H]2C(=O)O[C@@H]1C(C)C)[C@@H](C)[C@@H](C)C(N)=O. The number of amides is 12. The summed E-state index contributed by atoms with van der Waals surface area (Å²) in [5, 5.41) is 76.9. The van der Waals surface area contributed by atoms with Crippen molar-refractivity contribution in [3.63, 3.8) is 0 Å². The molecule has 2 saturated heterocycles. The van der Waals surface area contributed by atoms with Crippen LogP contribution >= 0.6 is 0 Å². The summed E-state index contributed by atoms with van der Waals surface area (Å²) in [6.45, 7) is 14.6. The second kappa shape index (κ2) is 38.9. The number of aliphatic hydroxyl groups is 4. The van der Waals surface area contributed by atoms with Gasteiger partial charge in [0.25, 0.3) is 11.8 Å². The van der Waals surface area contributed by atoms with Gasteiger partial charge in [-0.25, -0.2) is 4.79 Å². The van der Waals surface area contributed by atoms with Gasteiger partial charge in [-0.05, 0) is 96.3 Å². The number of hydrogen-bond donors (Lipinski definition) is 16. The number of phenolic OH excluding ortho intramolecular Hbond substituents is 1. The largest absolute Gasteiger partial charge is 0.508 e. The molecule has 546 valence electrons. The smallest absolute Gasteiger partial charge is 0.329 e. The number of aromatic hydroxyl groups is 1. The van der Waals surface area contributed by atoms with E-state index in [0.717, 1.165) is 43.9 Å². The third-order valence-corrected chi connectivity index (χ3v) is 16.8. The van der Waals surface area contributed by atoms with Crippen LogP contribution in [0.15, 0.2) is 59.8 Å². The van der Waals surface area contributed by atoms with E-state index >= 15 is 19.2 Å². The van der Waals surface area contributed by atoms with Gasteiger partial charge in [0.2, 0.25) is 59.1 Å². The minimum absolute atomic E-state index is 0.0868. The molecule has 33 nitrogen and oxygen atoms in total. The first-order valence-corrected chi connectivity index (χ1v) is 32.3. The third-order valence-electron chi connectivity index (χ3n) is 16.8. The van der Waals surface area contributed by atoms with Crippen LogP contribution in [0.25, 0.3) is 0 Å². The van der Waals surface area contributed by atoms with Gasteiger partial charge in [0.05, 0.1) is 31.9 Å². The number of phenols is 1. The van der Waals surface area contributed by atoms with Crippen LogP contribution in [0, 0.1) is 23.7 Å². The number of primary amides is 1. The highest BCUT2D eigenvalue weighted by atomic mass is 16.5. The second-order valence-corrected chi connectivity index (χ2v) is 25.1. The number of hydrogen-bond acceptors (Lipinski definition) is 21. The minimum atomic E-state index is -2.45. The molecular weight excluding hydrogens is 1280 g/mol. The molecule has 2 aliphatic heterocycles. The predicted octanol–water partition coefficient (Wildman–Crippen LogP) is -3.47. The molecule has 2 heterocycles. The number of ether oxygens (including phenoxy) is 3. The number of benzene rings is 1. The number of nitrogens with one attached hydrogen (secondary N) is 10. The number of methoxy groups -OCH3 is 2. The van der Waals surface area contributed by atoms with Crippen molar-refractivity contribution < 1.29 is 102 Å². The van der Waals surface area contributed by atoms with Crippen molar-refractivity contribution in [1.82, 2.24) is 58.1 Å². The van der Waals surface area contributed by atoms with Crippen molar-refractivity contribution in [3.8, 4) is 5.75 Å². The molecule has 2 aliphatic rings. The Hall–Kier alpha value is -8.89. The van der Waals surface area contributed by atoms with Crippen LogP contribution in [0.1, 0.15) is 120 Å². The molecule has 0 aliphatic carbocycles. The first-order valence-electron chi connectivity index (χ1n) is 32.3. The maximum atomic E-state index is 15.3. The maximum absolute atomic E-state index is 15.3. The number of rotatable bonds is 26. The standard InChI is InChI=1S/C65H100N12O21/c1-15-32(5)27-33(6)20-25-44(81)65(12,95)64(94)68-29-46(83)72-48(37(10)78)59(89)70-41(16-2)57(87)73-47(34(7)35(8)54(66)84)58(88)75-50-52(31(3)4)98-63(93)43-19-17-18-26-77(43)62(92)51(53(97-14)39-21-23-40(80)24-22-39)76-60(90)49(38(11)79)74-55(85)36(9)69-45(82)28-67-56(86)42(30-96-13)71-61(50)91/h16,20-25,27,31-32,34-38,42-44,47-53,78-81,95H,15,17-19,26,28-30H2,1-14H3,(H2,66,84)(H,67,86)(H,68,94)(H,69,82)(H,70,89)(H,71,91)(H,72,83)(H,73,87)(H,74,85)(H,75,88)(H,76,90)/b25-20-,33-27+,41-16?/t32?,34-,35+,36-,37+,38+,42+,43-,44?,47-,48+,49?,50+,51?,52+,53?,65?/m0/s1. The van der Waals surface area contributed by atoms with Crippen molar-refractivity contribution in [1.29, 1.82) is 0 Å². The molecule has 1 aromatic carbocycles. The van der Waals surface area contributed by atoms with Crippen LogP contribution in [0.2, 0.25) is 0 Å². The summed E-state index contributed by atoms with van der Waals surface area (Å²) in [4.78, 5) is 184. The fourth-order valence-corrected chi connectivity index (χ4v) is 10.4. The minimum Gasteiger partial charge on any atom is -0.508 e. The lowest BCUT2D eigenvalue weighted by atomic mass is 9.87. The van der Waals surface area contributed by atoms with Gasteiger partial charge in [-0.15, -0.1) is 0 Å². The summed E-state index contributed by atoms with van der Waals surface area (Å²) in [5.74, 6) is -18.1. The Morgan fingerprint density at radius 2 is 1.47 bits per heavy atom. The second-order valence-electron chi connectivity index (χ2n) is 25.1. The van der Waals surface area contributed by atoms with Crippen LogP contribution in [-0.4, -0.2) is 226 Å². The number of piperidine rings is 1. The molecule has 33 heteroatoms. The lowest BCUT2D eigenvalue weighted by molar-refractivity contribution is -0.168. The number of allylic oxidation sites excluding steroid dienone is 4. The molecule has 98 heavy (non-hydrogen) atoms. The number of carbonyl (C=O) groups is 13. The van der Waals surface area contributed by atoms with Crippen LogP contribution in [0.4, 0.5) is 0 Å². The van der Waals surface area contributed by atoms with Crippen molar-refractivity contribution in [2.24, 2.45) is 29.4 Å². The Morgan fingerprint density at radius 3 is 2.03 bits per heavy atom. The quantitative estimate of drug-likeness (QED) is 0.0243. The van der Waals surface area contributed by atoms with E-state index in [-0.39, 0.29) is 30.2 Å². The van der Waals surface area contributed by atoms with E-state index in [1.807, 2.05) is 19.9 Å². The van der Waals surface area contributed by atoms with E-state index in [4.69, 9.17) is 19.9 Å². The molecule has 1 aromatic rings. The van der Waals surface area contributed by atoms with E-state index in [9.17, 15) is 68.7 Å². The average molecular weight is 1390 g/mol. The fraction of sp³-hybridized carbons (Fsp3) is 0.615. The molecule has 0 bridgehead atoms. The topological polar surface area (TPSA) is 500 Å². The average Bonchev–Trinajstić information content (AvgIpc) is 0.801. The van der Waals surface area contributed by atoms with Crippen molar-refractivity contribution in [3.05, 3.63) is 65.4 Å². The lowest BCUT2D eigenvalue weighted by Gasteiger charge is -2.40. The molecule has 17 N–H and O–H groups in total. The molecular formula is C65H100N12O21. The van der Waals surface area contributed by atoms with E-state index in [0.29, 0.717) is 12.8 Å². The predicted molar refractivity (Wildman–Crippen MR) is 351 cm³/mol. The summed E-state index contributed by atoms with van der Waals surface area (Å²) >= 11 is 0. The van der Waals surface area contributed by atoms with Gasteiger partial charge in [0, 0.05) is 26.7 Å². The van der Waals surface area contributed by atoms with E-state index in [2.05, 4.69) is 53.2 Å². The normalized spacial score (nSPS) is 24.1. The number of aliphatic hydroxyl groups excluding tert-OH is 3. The van der Waals surface area contributed by atoms with E-state index < -0.39 is 204 Å². The number of cyclic esters (lactones) is 1. The first kappa shape index (κ1) is 83.3. The Labute approximate surface area is 569 Å².